The number of amides is 2. The van der Waals surface area contributed by atoms with Crippen molar-refractivity contribution in [3.8, 4) is 0 Å². The first-order chi connectivity index (χ1) is 10.0. The third kappa shape index (κ3) is 6.42. The van der Waals surface area contributed by atoms with E-state index in [0.717, 1.165) is 5.56 Å². The molecule has 0 fully saturated rings. The largest absolute Gasteiger partial charge is 0.480 e. The number of urea groups is 1. The molecular weight excluding hydrogens is 276 g/mol. The van der Waals surface area contributed by atoms with Crippen molar-refractivity contribution in [2.45, 2.75) is 18.9 Å². The van der Waals surface area contributed by atoms with Crippen molar-refractivity contribution >= 4 is 18.0 Å². The van der Waals surface area contributed by atoms with Gasteiger partial charge in [-0.25, -0.2) is 9.59 Å². The van der Waals surface area contributed by atoms with Gasteiger partial charge in [-0.2, -0.15) is 0 Å². The summed E-state index contributed by atoms with van der Waals surface area (Å²) in [6.07, 6.45) is 0.778. The highest BCUT2D eigenvalue weighted by molar-refractivity contribution is 5.84. The summed E-state index contributed by atoms with van der Waals surface area (Å²) >= 11 is 0. The topological polar surface area (TPSA) is 105 Å². The Morgan fingerprint density at radius 2 is 1.90 bits per heavy atom. The number of aliphatic carboxylic acids is 1. The number of carboxylic acids is 1. The molecule has 0 bridgehead atoms. The molecule has 0 saturated heterocycles. The van der Waals surface area contributed by atoms with E-state index in [0.29, 0.717) is 6.42 Å². The lowest BCUT2D eigenvalue weighted by molar-refractivity contribution is -0.139. The van der Waals surface area contributed by atoms with Crippen molar-refractivity contribution in [2.75, 3.05) is 13.7 Å². The quantitative estimate of drug-likeness (QED) is 0.637. The standard InChI is InChI=1S/C14H18N2O5/c1-21-12(17)9-15-14(20)16-11(13(18)19)8-7-10-5-3-2-4-6-10/h2-6,11H,7-9H2,1H3,(H,18,19)(H2,15,16,20). The van der Waals surface area contributed by atoms with Gasteiger partial charge in [-0.1, -0.05) is 30.3 Å². The average Bonchev–Trinajstić information content (AvgIpc) is 2.49. The van der Waals surface area contributed by atoms with Crippen LogP contribution in [0.25, 0.3) is 0 Å². The molecule has 1 unspecified atom stereocenters. The Morgan fingerprint density at radius 1 is 1.24 bits per heavy atom. The van der Waals surface area contributed by atoms with E-state index in [4.69, 9.17) is 5.11 Å². The average molecular weight is 294 g/mol. The smallest absolute Gasteiger partial charge is 0.326 e. The normalized spacial score (nSPS) is 11.3. The van der Waals surface area contributed by atoms with Gasteiger partial charge in [0, 0.05) is 0 Å². The third-order valence-electron chi connectivity index (χ3n) is 2.79. The first-order valence-electron chi connectivity index (χ1n) is 6.41. The molecule has 0 aromatic heterocycles. The van der Waals surface area contributed by atoms with E-state index in [9.17, 15) is 14.4 Å². The number of hydrogen-bond acceptors (Lipinski definition) is 4. The molecule has 1 aromatic rings. The van der Waals surface area contributed by atoms with Gasteiger partial charge in [0.25, 0.3) is 0 Å². The van der Waals surface area contributed by atoms with E-state index in [1.54, 1.807) is 0 Å². The molecule has 7 heteroatoms. The molecule has 7 nitrogen and oxygen atoms in total. The summed E-state index contributed by atoms with van der Waals surface area (Å²) in [5, 5.41) is 13.6. The number of hydrogen-bond donors (Lipinski definition) is 3. The Balaban J connectivity index is 2.44. The maximum Gasteiger partial charge on any atom is 0.326 e. The summed E-state index contributed by atoms with van der Waals surface area (Å²) in [6.45, 7) is -0.312. The zero-order chi connectivity index (χ0) is 15.7. The number of aryl methyl sites for hydroxylation is 1. The molecule has 0 aliphatic heterocycles. The SMILES string of the molecule is COC(=O)CNC(=O)NC(CCc1ccccc1)C(=O)O. The Bertz CT molecular complexity index is 489. The van der Waals surface area contributed by atoms with E-state index >= 15 is 0 Å². The predicted molar refractivity (Wildman–Crippen MR) is 74.7 cm³/mol. The van der Waals surface area contributed by atoms with Gasteiger partial charge in [0.2, 0.25) is 0 Å². The van der Waals surface area contributed by atoms with E-state index in [1.807, 2.05) is 30.3 Å². The lowest BCUT2D eigenvalue weighted by Crippen LogP contribution is -2.47. The minimum absolute atomic E-state index is 0.255. The predicted octanol–water partition coefficient (Wildman–Crippen LogP) is 0.545. The van der Waals surface area contributed by atoms with Gasteiger partial charge in [-0.15, -0.1) is 0 Å². The van der Waals surface area contributed by atoms with Crippen LogP contribution in [-0.4, -0.2) is 42.8 Å². The van der Waals surface area contributed by atoms with E-state index in [2.05, 4.69) is 15.4 Å². The van der Waals surface area contributed by atoms with Crippen molar-refractivity contribution in [1.29, 1.82) is 0 Å². The number of carbonyl (C=O) groups excluding carboxylic acids is 2. The number of carboxylic acid groups (broad SMARTS) is 1. The van der Waals surface area contributed by atoms with Crippen molar-refractivity contribution in [3.63, 3.8) is 0 Å². The summed E-state index contributed by atoms with van der Waals surface area (Å²) in [4.78, 5) is 33.5. The molecule has 1 aromatic carbocycles. The molecule has 0 spiro atoms. The summed E-state index contributed by atoms with van der Waals surface area (Å²) < 4.78 is 4.36. The van der Waals surface area contributed by atoms with E-state index < -0.39 is 24.0 Å². The number of benzene rings is 1. The van der Waals surface area contributed by atoms with Gasteiger partial charge in [0.15, 0.2) is 0 Å². The molecule has 2 amide bonds. The third-order valence-corrected chi connectivity index (χ3v) is 2.79. The van der Waals surface area contributed by atoms with Crippen molar-refractivity contribution in [3.05, 3.63) is 35.9 Å². The number of rotatable bonds is 7. The Hall–Kier alpha value is -2.57. The monoisotopic (exact) mass is 294 g/mol. The van der Waals surface area contributed by atoms with Gasteiger partial charge < -0.3 is 20.5 Å². The summed E-state index contributed by atoms with van der Waals surface area (Å²) in [6, 6.07) is 7.62. The Kier molecular flexibility index (Phi) is 6.73. The van der Waals surface area contributed by atoms with Crippen LogP contribution in [0.4, 0.5) is 4.79 Å². The molecule has 0 saturated carbocycles. The fourth-order valence-electron chi connectivity index (χ4n) is 1.65. The highest BCUT2D eigenvalue weighted by Crippen LogP contribution is 2.05. The zero-order valence-corrected chi connectivity index (χ0v) is 11.7. The first-order valence-corrected chi connectivity index (χ1v) is 6.41. The van der Waals surface area contributed by atoms with Gasteiger partial charge in [-0.3, -0.25) is 4.79 Å². The maximum absolute atomic E-state index is 11.5. The molecule has 114 valence electrons. The van der Waals surface area contributed by atoms with Crippen LogP contribution in [0.5, 0.6) is 0 Å². The molecule has 1 rings (SSSR count). The van der Waals surface area contributed by atoms with E-state index in [1.165, 1.54) is 7.11 Å². The molecule has 0 aliphatic rings. The fraction of sp³-hybridized carbons (Fsp3) is 0.357. The molecule has 3 N–H and O–H groups in total. The Labute approximate surface area is 122 Å². The van der Waals surface area contributed by atoms with Crippen LogP contribution in [0.1, 0.15) is 12.0 Å². The number of methoxy groups -OCH3 is 1. The van der Waals surface area contributed by atoms with E-state index in [-0.39, 0.29) is 13.0 Å². The summed E-state index contributed by atoms with van der Waals surface area (Å²) in [5.41, 5.74) is 0.987. The highest BCUT2D eigenvalue weighted by Gasteiger charge is 2.19. The molecule has 1 atom stereocenters. The molecule has 0 aliphatic carbocycles. The van der Waals surface area contributed by atoms with Crippen LogP contribution in [-0.2, 0) is 20.7 Å². The maximum atomic E-state index is 11.5. The van der Waals surface area contributed by atoms with Crippen molar-refractivity contribution in [2.24, 2.45) is 0 Å². The lowest BCUT2D eigenvalue weighted by Gasteiger charge is -2.14. The van der Waals surface area contributed by atoms with Crippen LogP contribution >= 0.6 is 0 Å². The second-order valence-electron chi connectivity index (χ2n) is 4.32. The summed E-state index contributed by atoms with van der Waals surface area (Å²) in [7, 11) is 1.20. The number of carbonyl (C=O) groups is 3. The second-order valence-corrected chi connectivity index (χ2v) is 4.32. The minimum atomic E-state index is -1.13. The van der Waals surface area contributed by atoms with Crippen LogP contribution in [0.3, 0.4) is 0 Å². The molecular formula is C14H18N2O5. The van der Waals surface area contributed by atoms with Crippen LogP contribution in [0, 0.1) is 0 Å². The molecule has 0 heterocycles. The second kappa shape index (κ2) is 8.57. The zero-order valence-electron chi connectivity index (χ0n) is 11.7. The first kappa shape index (κ1) is 16.5. The Morgan fingerprint density at radius 3 is 2.48 bits per heavy atom. The van der Waals surface area contributed by atoms with Gasteiger partial charge >= 0.3 is 18.0 Å². The number of ether oxygens (including phenoxy) is 1. The van der Waals surface area contributed by atoms with Crippen molar-refractivity contribution < 1.29 is 24.2 Å². The van der Waals surface area contributed by atoms with Crippen molar-refractivity contribution in [1.82, 2.24) is 10.6 Å². The fourth-order valence-corrected chi connectivity index (χ4v) is 1.65. The van der Waals surface area contributed by atoms with Gasteiger partial charge in [0.05, 0.1) is 7.11 Å². The molecule has 0 radical (unpaired) electrons. The van der Waals surface area contributed by atoms with Crippen LogP contribution < -0.4 is 10.6 Å². The van der Waals surface area contributed by atoms with Crippen LogP contribution in [0.15, 0.2) is 30.3 Å². The lowest BCUT2D eigenvalue weighted by atomic mass is 10.1. The number of esters is 1. The molecule has 21 heavy (non-hydrogen) atoms. The number of nitrogens with one attached hydrogen (secondary N) is 2. The van der Waals surface area contributed by atoms with Crippen LogP contribution in [0.2, 0.25) is 0 Å². The summed E-state index contributed by atoms with van der Waals surface area (Å²) in [5.74, 6) is -1.74. The van der Waals surface area contributed by atoms with Gasteiger partial charge in [0.1, 0.15) is 12.6 Å². The minimum Gasteiger partial charge on any atom is -0.480 e. The van der Waals surface area contributed by atoms with Gasteiger partial charge in [-0.05, 0) is 18.4 Å². The highest BCUT2D eigenvalue weighted by atomic mass is 16.5.